The zero-order valence-electron chi connectivity index (χ0n) is 13.3. The van der Waals surface area contributed by atoms with Gasteiger partial charge in [-0.15, -0.1) is 0 Å². The third kappa shape index (κ3) is 6.48. The molecular formula is C17H26ClN3. The molecule has 0 fully saturated rings. The van der Waals surface area contributed by atoms with Crippen LogP contribution in [0.2, 0.25) is 5.02 Å². The van der Waals surface area contributed by atoms with Crippen LogP contribution in [0.4, 0.5) is 0 Å². The van der Waals surface area contributed by atoms with Gasteiger partial charge in [0.2, 0.25) is 0 Å². The number of benzene rings is 1. The van der Waals surface area contributed by atoms with Crippen LogP contribution in [0.15, 0.2) is 18.2 Å². The molecule has 1 rings (SSSR count). The van der Waals surface area contributed by atoms with E-state index in [9.17, 15) is 0 Å². The van der Waals surface area contributed by atoms with Crippen molar-refractivity contribution >= 4 is 11.6 Å². The van der Waals surface area contributed by atoms with Gasteiger partial charge in [-0.05, 0) is 57.1 Å². The fourth-order valence-corrected chi connectivity index (χ4v) is 2.55. The Balaban J connectivity index is 2.33. The van der Waals surface area contributed by atoms with Crippen molar-refractivity contribution in [1.29, 1.82) is 5.26 Å². The molecule has 0 heterocycles. The zero-order chi connectivity index (χ0) is 15.7. The van der Waals surface area contributed by atoms with Gasteiger partial charge < -0.3 is 10.2 Å². The maximum Gasteiger partial charge on any atom is 0.0992 e. The lowest BCUT2D eigenvalue weighted by atomic mass is 10.1. The molecule has 1 atom stereocenters. The Bertz CT molecular complexity index is 464. The Morgan fingerprint density at radius 3 is 2.62 bits per heavy atom. The van der Waals surface area contributed by atoms with E-state index < -0.39 is 0 Å². The summed E-state index contributed by atoms with van der Waals surface area (Å²) >= 11 is 6.18. The molecule has 1 aromatic carbocycles. The Kier molecular flexibility index (Phi) is 8.37. The minimum absolute atomic E-state index is 0.465. The monoisotopic (exact) mass is 307 g/mol. The number of halogens is 1. The molecule has 0 aliphatic carbocycles. The highest BCUT2D eigenvalue weighted by atomic mass is 35.5. The minimum atomic E-state index is 0.465. The molecule has 21 heavy (non-hydrogen) atoms. The molecule has 116 valence electrons. The molecule has 1 unspecified atom stereocenters. The average molecular weight is 308 g/mol. The molecule has 0 aliphatic rings. The molecule has 0 bridgehead atoms. The van der Waals surface area contributed by atoms with E-state index >= 15 is 0 Å². The molecule has 0 amide bonds. The molecule has 0 saturated carbocycles. The first-order valence-corrected chi connectivity index (χ1v) is 8.12. The number of hydrogen-bond donors (Lipinski definition) is 1. The summed E-state index contributed by atoms with van der Waals surface area (Å²) in [5, 5.41) is 13.0. The van der Waals surface area contributed by atoms with Crippen LogP contribution in [0.5, 0.6) is 0 Å². The second-order valence-electron chi connectivity index (χ2n) is 5.37. The van der Waals surface area contributed by atoms with Gasteiger partial charge in [0.05, 0.1) is 11.6 Å². The first-order valence-electron chi connectivity index (χ1n) is 7.74. The summed E-state index contributed by atoms with van der Waals surface area (Å²) in [6, 6.07) is 8.03. The number of nitrogens with zero attached hydrogens (tertiary/aromatic N) is 2. The molecule has 4 heteroatoms. The van der Waals surface area contributed by atoms with Crippen molar-refractivity contribution in [2.75, 3.05) is 19.6 Å². The van der Waals surface area contributed by atoms with Crippen LogP contribution in [0.25, 0.3) is 0 Å². The lowest BCUT2D eigenvalue weighted by Gasteiger charge is -2.20. The third-order valence-corrected chi connectivity index (χ3v) is 4.18. The highest BCUT2D eigenvalue weighted by Crippen LogP contribution is 2.17. The largest absolute Gasteiger partial charge is 0.310 e. The maximum atomic E-state index is 8.83. The van der Waals surface area contributed by atoms with Crippen LogP contribution in [0, 0.1) is 11.3 Å². The minimum Gasteiger partial charge on any atom is -0.310 e. The predicted molar refractivity (Wildman–Crippen MR) is 89.5 cm³/mol. The Morgan fingerprint density at radius 2 is 2.05 bits per heavy atom. The van der Waals surface area contributed by atoms with Crippen LogP contribution in [-0.4, -0.2) is 30.6 Å². The number of hydrogen-bond acceptors (Lipinski definition) is 3. The molecule has 0 aromatic heterocycles. The standard InChI is InChI=1S/C17H26ClN3/c1-4-21(5-2)10-6-7-14(3)20-13-16-9-8-15(12-19)11-17(16)18/h8-9,11,14,20H,4-7,10,13H2,1-3H3. The molecule has 3 nitrogen and oxygen atoms in total. The molecule has 0 spiro atoms. The van der Waals surface area contributed by atoms with Gasteiger partial charge in [0.25, 0.3) is 0 Å². The quantitative estimate of drug-likeness (QED) is 0.754. The molecular weight excluding hydrogens is 282 g/mol. The number of rotatable bonds is 9. The molecule has 1 N–H and O–H groups in total. The Labute approximate surface area is 133 Å². The van der Waals surface area contributed by atoms with Crippen LogP contribution < -0.4 is 5.32 Å². The first kappa shape index (κ1) is 18.0. The number of nitriles is 1. The molecule has 0 radical (unpaired) electrons. The summed E-state index contributed by atoms with van der Waals surface area (Å²) in [5.41, 5.74) is 1.65. The second-order valence-corrected chi connectivity index (χ2v) is 5.78. The molecule has 0 saturated heterocycles. The lowest BCUT2D eigenvalue weighted by Crippen LogP contribution is -2.28. The van der Waals surface area contributed by atoms with Crippen molar-refractivity contribution in [3.8, 4) is 6.07 Å². The van der Waals surface area contributed by atoms with Gasteiger partial charge in [-0.2, -0.15) is 5.26 Å². The summed E-state index contributed by atoms with van der Waals surface area (Å²) in [5.74, 6) is 0. The van der Waals surface area contributed by atoms with Crippen molar-refractivity contribution < 1.29 is 0 Å². The first-order chi connectivity index (χ1) is 10.1. The van der Waals surface area contributed by atoms with Crippen molar-refractivity contribution in [2.45, 2.75) is 46.2 Å². The van der Waals surface area contributed by atoms with Crippen molar-refractivity contribution in [3.05, 3.63) is 34.3 Å². The smallest absolute Gasteiger partial charge is 0.0992 e. The SMILES string of the molecule is CCN(CC)CCCC(C)NCc1ccc(C#N)cc1Cl. The lowest BCUT2D eigenvalue weighted by molar-refractivity contribution is 0.290. The van der Waals surface area contributed by atoms with Crippen molar-refractivity contribution in [2.24, 2.45) is 0 Å². The van der Waals surface area contributed by atoms with E-state index in [1.807, 2.05) is 12.1 Å². The van der Waals surface area contributed by atoms with Crippen LogP contribution in [-0.2, 0) is 6.54 Å². The molecule has 0 aliphatic heterocycles. The zero-order valence-corrected chi connectivity index (χ0v) is 14.1. The third-order valence-electron chi connectivity index (χ3n) is 3.83. The summed E-state index contributed by atoms with van der Waals surface area (Å²) in [7, 11) is 0. The molecule has 1 aromatic rings. The van der Waals surface area contributed by atoms with Crippen molar-refractivity contribution in [3.63, 3.8) is 0 Å². The van der Waals surface area contributed by atoms with Gasteiger partial charge in [-0.1, -0.05) is 31.5 Å². The van der Waals surface area contributed by atoms with Crippen LogP contribution in [0.1, 0.15) is 44.7 Å². The normalized spacial score (nSPS) is 12.4. The fraction of sp³-hybridized carbons (Fsp3) is 0.588. The van der Waals surface area contributed by atoms with Gasteiger partial charge in [-0.25, -0.2) is 0 Å². The Hall–Kier alpha value is -1.08. The van der Waals surface area contributed by atoms with E-state index in [1.54, 1.807) is 6.07 Å². The average Bonchev–Trinajstić information content (AvgIpc) is 2.50. The second kappa shape index (κ2) is 9.78. The van der Waals surface area contributed by atoms with E-state index in [-0.39, 0.29) is 0 Å². The fourth-order valence-electron chi connectivity index (χ4n) is 2.31. The van der Waals surface area contributed by atoms with E-state index in [0.29, 0.717) is 16.6 Å². The summed E-state index contributed by atoms with van der Waals surface area (Å²) in [6.07, 6.45) is 2.36. The van der Waals surface area contributed by atoms with Crippen LogP contribution >= 0.6 is 11.6 Å². The van der Waals surface area contributed by atoms with E-state index in [0.717, 1.165) is 38.2 Å². The van der Waals surface area contributed by atoms with Gasteiger partial charge in [0, 0.05) is 17.6 Å². The van der Waals surface area contributed by atoms with Gasteiger partial charge in [0.1, 0.15) is 0 Å². The maximum absolute atomic E-state index is 8.83. The van der Waals surface area contributed by atoms with E-state index in [2.05, 4.69) is 37.1 Å². The van der Waals surface area contributed by atoms with Crippen LogP contribution in [0.3, 0.4) is 0 Å². The van der Waals surface area contributed by atoms with Gasteiger partial charge in [-0.3, -0.25) is 0 Å². The Morgan fingerprint density at radius 1 is 1.33 bits per heavy atom. The summed E-state index contributed by atoms with van der Waals surface area (Å²) in [4.78, 5) is 2.45. The van der Waals surface area contributed by atoms with E-state index in [4.69, 9.17) is 16.9 Å². The summed E-state index contributed by atoms with van der Waals surface area (Å²) in [6.45, 7) is 10.8. The van der Waals surface area contributed by atoms with Gasteiger partial charge >= 0.3 is 0 Å². The predicted octanol–water partition coefficient (Wildman–Crippen LogP) is 3.81. The summed E-state index contributed by atoms with van der Waals surface area (Å²) < 4.78 is 0. The van der Waals surface area contributed by atoms with Crippen molar-refractivity contribution in [1.82, 2.24) is 10.2 Å². The highest BCUT2D eigenvalue weighted by molar-refractivity contribution is 6.31. The van der Waals surface area contributed by atoms with E-state index in [1.165, 1.54) is 6.42 Å². The number of nitrogens with one attached hydrogen (secondary N) is 1. The topological polar surface area (TPSA) is 39.1 Å². The highest BCUT2D eigenvalue weighted by Gasteiger charge is 2.06. The van der Waals surface area contributed by atoms with Gasteiger partial charge in [0.15, 0.2) is 0 Å².